The van der Waals surface area contributed by atoms with Gasteiger partial charge in [0.05, 0.1) is 12.2 Å². The highest BCUT2D eigenvalue weighted by Gasteiger charge is 2.45. The van der Waals surface area contributed by atoms with E-state index in [-0.39, 0.29) is 30.0 Å². The SMILES string of the molecule is CC(C)(C)N1C[C@@H](C(=O)N2CCN(C(CNS(C)(=O)=O)c3ccccc3Cl)CC2)[C@H](c2ccc(F)cc2F)C1. The van der Waals surface area contributed by atoms with Crippen LogP contribution in [0.25, 0.3) is 0 Å². The minimum absolute atomic E-state index is 0.0429. The third-order valence-electron chi connectivity index (χ3n) is 7.82. The van der Waals surface area contributed by atoms with Gasteiger partial charge in [0, 0.05) is 74.4 Å². The zero-order valence-corrected chi connectivity index (χ0v) is 24.4. The number of rotatable bonds is 7. The van der Waals surface area contributed by atoms with E-state index in [0.29, 0.717) is 49.9 Å². The lowest BCUT2D eigenvalue weighted by atomic mass is 9.87. The van der Waals surface area contributed by atoms with E-state index in [4.69, 9.17) is 11.6 Å². The van der Waals surface area contributed by atoms with Crippen LogP contribution in [0, 0.1) is 17.6 Å². The van der Waals surface area contributed by atoms with Gasteiger partial charge in [0.2, 0.25) is 15.9 Å². The van der Waals surface area contributed by atoms with Crippen molar-refractivity contribution in [3.8, 4) is 0 Å². The lowest BCUT2D eigenvalue weighted by Crippen LogP contribution is -2.53. The number of amides is 1. The number of likely N-dealkylation sites (tertiary alicyclic amines) is 1. The molecule has 2 aliphatic heterocycles. The smallest absolute Gasteiger partial charge is 0.227 e. The fourth-order valence-electron chi connectivity index (χ4n) is 5.62. The second-order valence-corrected chi connectivity index (χ2v) is 13.7. The van der Waals surface area contributed by atoms with Crippen LogP contribution >= 0.6 is 11.6 Å². The first kappa shape index (κ1) is 29.9. The normalized spacial score (nSPS) is 22.3. The maximum atomic E-state index is 14.8. The molecular formula is C28H37ClF2N4O3S. The fraction of sp³-hybridized carbons (Fsp3) is 0.536. The zero-order valence-electron chi connectivity index (χ0n) is 22.8. The minimum Gasteiger partial charge on any atom is -0.340 e. The summed E-state index contributed by atoms with van der Waals surface area (Å²) in [6.07, 6.45) is 1.12. The van der Waals surface area contributed by atoms with Crippen molar-refractivity contribution in [1.82, 2.24) is 19.4 Å². The van der Waals surface area contributed by atoms with Crippen molar-refractivity contribution in [2.24, 2.45) is 5.92 Å². The number of hydrogen-bond acceptors (Lipinski definition) is 5. The Balaban J connectivity index is 1.51. The molecule has 1 amide bonds. The third-order valence-corrected chi connectivity index (χ3v) is 8.85. The highest BCUT2D eigenvalue weighted by Crippen LogP contribution is 2.39. The van der Waals surface area contributed by atoms with Gasteiger partial charge in [-0.2, -0.15) is 0 Å². The van der Waals surface area contributed by atoms with Crippen molar-refractivity contribution >= 4 is 27.5 Å². The molecule has 7 nitrogen and oxygen atoms in total. The largest absolute Gasteiger partial charge is 0.340 e. The molecule has 0 spiro atoms. The Morgan fingerprint density at radius 3 is 2.33 bits per heavy atom. The Morgan fingerprint density at radius 2 is 1.74 bits per heavy atom. The van der Waals surface area contributed by atoms with Gasteiger partial charge in [0.25, 0.3) is 0 Å². The summed E-state index contributed by atoms with van der Waals surface area (Å²) in [6.45, 7) is 9.30. The van der Waals surface area contributed by atoms with Crippen LogP contribution in [0.3, 0.4) is 0 Å². The van der Waals surface area contributed by atoms with Gasteiger partial charge < -0.3 is 4.90 Å². The Hall–Kier alpha value is -2.11. The van der Waals surface area contributed by atoms with Crippen LogP contribution in [-0.2, 0) is 14.8 Å². The molecule has 0 saturated carbocycles. The number of benzene rings is 2. The molecule has 214 valence electrons. The summed E-state index contributed by atoms with van der Waals surface area (Å²) in [7, 11) is -3.41. The number of piperazine rings is 1. The minimum atomic E-state index is -3.41. The summed E-state index contributed by atoms with van der Waals surface area (Å²) in [5, 5.41) is 0.550. The van der Waals surface area contributed by atoms with Gasteiger partial charge >= 0.3 is 0 Å². The quantitative estimate of drug-likeness (QED) is 0.537. The predicted molar refractivity (Wildman–Crippen MR) is 149 cm³/mol. The van der Waals surface area contributed by atoms with E-state index in [1.807, 2.05) is 23.1 Å². The van der Waals surface area contributed by atoms with Crippen molar-refractivity contribution in [3.05, 3.63) is 70.2 Å². The van der Waals surface area contributed by atoms with Gasteiger partial charge in [0.15, 0.2) is 0 Å². The molecule has 2 heterocycles. The van der Waals surface area contributed by atoms with E-state index in [9.17, 15) is 22.0 Å². The van der Waals surface area contributed by atoms with Crippen molar-refractivity contribution in [1.29, 1.82) is 0 Å². The molecule has 3 atom stereocenters. The number of carbonyl (C=O) groups is 1. The van der Waals surface area contributed by atoms with Gasteiger partial charge in [-0.05, 0) is 44.0 Å². The van der Waals surface area contributed by atoms with Crippen LogP contribution in [-0.4, -0.2) is 86.6 Å². The third kappa shape index (κ3) is 7.16. The first-order valence-electron chi connectivity index (χ1n) is 13.2. The lowest BCUT2D eigenvalue weighted by molar-refractivity contribution is -0.137. The monoisotopic (exact) mass is 582 g/mol. The van der Waals surface area contributed by atoms with E-state index < -0.39 is 27.6 Å². The van der Waals surface area contributed by atoms with Gasteiger partial charge in [-0.15, -0.1) is 0 Å². The van der Waals surface area contributed by atoms with Gasteiger partial charge in [-0.25, -0.2) is 21.9 Å². The molecule has 2 aromatic carbocycles. The average Bonchev–Trinajstić information content (AvgIpc) is 3.30. The molecule has 1 N–H and O–H groups in total. The standard InChI is InChI=1S/C28H37ClF2N4O3S/c1-28(2,3)35-17-22(20-10-9-19(30)15-25(20)31)23(18-35)27(36)34-13-11-33(12-14-34)26(16-32-39(4,37)38)21-7-5-6-8-24(21)29/h5-10,15,22-23,26,32H,11-14,16-18H2,1-4H3/t22-,23+,26?/m0/s1. The molecule has 0 bridgehead atoms. The summed E-state index contributed by atoms with van der Waals surface area (Å²) in [5.41, 5.74) is 0.974. The fourth-order valence-corrected chi connectivity index (χ4v) is 6.34. The summed E-state index contributed by atoms with van der Waals surface area (Å²) in [6, 6.07) is 10.6. The number of hydrogen-bond donors (Lipinski definition) is 1. The maximum absolute atomic E-state index is 14.8. The van der Waals surface area contributed by atoms with E-state index >= 15 is 0 Å². The molecule has 2 fully saturated rings. The molecule has 2 saturated heterocycles. The van der Waals surface area contributed by atoms with Crippen molar-refractivity contribution in [2.75, 3.05) is 52.1 Å². The number of nitrogens with one attached hydrogen (secondary N) is 1. The Kier molecular flexibility index (Phi) is 9.02. The predicted octanol–water partition coefficient (Wildman–Crippen LogP) is 3.87. The van der Waals surface area contributed by atoms with Crippen LogP contribution in [0.4, 0.5) is 8.78 Å². The Morgan fingerprint density at radius 1 is 1.08 bits per heavy atom. The highest BCUT2D eigenvalue weighted by molar-refractivity contribution is 7.88. The Bertz CT molecular complexity index is 1300. The van der Waals surface area contributed by atoms with Crippen molar-refractivity contribution < 1.29 is 22.0 Å². The molecule has 0 aliphatic carbocycles. The Labute approximate surface area is 235 Å². The molecule has 4 rings (SSSR count). The van der Waals surface area contributed by atoms with Crippen LogP contribution < -0.4 is 4.72 Å². The number of sulfonamides is 1. The second kappa shape index (κ2) is 11.8. The van der Waals surface area contributed by atoms with Crippen LogP contribution in [0.5, 0.6) is 0 Å². The number of halogens is 3. The first-order valence-corrected chi connectivity index (χ1v) is 15.4. The topological polar surface area (TPSA) is 73.0 Å². The second-order valence-electron chi connectivity index (χ2n) is 11.5. The summed E-state index contributed by atoms with van der Waals surface area (Å²) >= 11 is 6.47. The van der Waals surface area contributed by atoms with Crippen LogP contribution in [0.2, 0.25) is 5.02 Å². The first-order chi connectivity index (χ1) is 18.2. The van der Waals surface area contributed by atoms with Crippen LogP contribution in [0.1, 0.15) is 43.9 Å². The van der Waals surface area contributed by atoms with Crippen LogP contribution in [0.15, 0.2) is 42.5 Å². The summed E-state index contributed by atoms with van der Waals surface area (Å²) in [5.74, 6) is -2.15. The van der Waals surface area contributed by atoms with Gasteiger partial charge in [-0.1, -0.05) is 35.9 Å². The molecule has 2 aliphatic rings. The highest BCUT2D eigenvalue weighted by atomic mass is 35.5. The van der Waals surface area contributed by atoms with E-state index in [2.05, 4.69) is 35.3 Å². The van der Waals surface area contributed by atoms with Gasteiger partial charge in [0.1, 0.15) is 11.6 Å². The number of nitrogens with zero attached hydrogens (tertiary/aromatic N) is 3. The van der Waals surface area contributed by atoms with E-state index in [0.717, 1.165) is 17.9 Å². The van der Waals surface area contributed by atoms with E-state index in [1.54, 1.807) is 6.07 Å². The summed E-state index contributed by atoms with van der Waals surface area (Å²) in [4.78, 5) is 20.0. The number of carbonyl (C=O) groups excluding carboxylic acids is 1. The summed E-state index contributed by atoms with van der Waals surface area (Å²) < 4.78 is 54.8. The molecule has 11 heteroatoms. The molecule has 0 radical (unpaired) electrons. The van der Waals surface area contributed by atoms with Gasteiger partial charge in [-0.3, -0.25) is 14.6 Å². The van der Waals surface area contributed by atoms with Crippen molar-refractivity contribution in [3.63, 3.8) is 0 Å². The lowest BCUT2D eigenvalue weighted by Gasteiger charge is -2.41. The van der Waals surface area contributed by atoms with Crippen molar-refractivity contribution in [2.45, 2.75) is 38.3 Å². The molecule has 2 aromatic rings. The maximum Gasteiger partial charge on any atom is 0.227 e. The molecular weight excluding hydrogens is 546 g/mol. The average molecular weight is 583 g/mol. The molecule has 39 heavy (non-hydrogen) atoms. The zero-order chi connectivity index (χ0) is 28.5. The molecule has 1 unspecified atom stereocenters. The molecule has 0 aromatic heterocycles. The van der Waals surface area contributed by atoms with E-state index in [1.165, 1.54) is 12.1 Å².